The van der Waals surface area contributed by atoms with E-state index < -0.39 is 33.1 Å². The van der Waals surface area contributed by atoms with Crippen LogP contribution < -0.4 is 19.3 Å². The summed E-state index contributed by atoms with van der Waals surface area (Å²) >= 11 is 0. The SMILES string of the molecule is CC(C)=CCC/C(C)=C/CC/C(C)=C/CN1C(=O)c2cccc(O)c2Nc2c(OP(=O)(O)O)cc(OP(=O)(O)O)cc21. The standard InChI is InChI=1S/C28H36N2O10P2/c1-18(2)8-5-9-19(3)10-6-11-20(4)14-15-30-23-16-21(39-41(33,34)35)17-25(40-42(36,37)38)27(23)29-26-22(28(30)32)12-7-13-24(26)31/h7-8,10,12-14,16-17,29,31H,5-6,9,11,15H2,1-4H3,(H2,33,34,35)(H2,36,37,38)/b19-10+,20-14+. The number of anilines is 3. The fourth-order valence-corrected chi connectivity index (χ4v) is 5.08. The minimum absolute atomic E-state index is 0.0214. The number of amides is 1. The lowest BCUT2D eigenvalue weighted by Gasteiger charge is -2.24. The van der Waals surface area contributed by atoms with Crippen LogP contribution in [0, 0.1) is 0 Å². The number of para-hydroxylation sites is 1. The van der Waals surface area contributed by atoms with Gasteiger partial charge in [-0.3, -0.25) is 24.4 Å². The van der Waals surface area contributed by atoms with Crippen molar-refractivity contribution < 1.29 is 47.7 Å². The van der Waals surface area contributed by atoms with Crippen molar-refractivity contribution >= 4 is 38.6 Å². The molecule has 0 atom stereocenters. The number of phenolic OH excluding ortho intramolecular Hbond substituents is 1. The van der Waals surface area contributed by atoms with Gasteiger partial charge in [0, 0.05) is 18.7 Å². The zero-order valence-corrected chi connectivity index (χ0v) is 25.6. The van der Waals surface area contributed by atoms with Gasteiger partial charge in [0.25, 0.3) is 5.91 Å². The highest BCUT2D eigenvalue weighted by Crippen LogP contribution is 2.52. The molecule has 0 spiro atoms. The summed E-state index contributed by atoms with van der Waals surface area (Å²) in [4.78, 5) is 52.8. The van der Waals surface area contributed by atoms with Crippen LogP contribution in [0.25, 0.3) is 0 Å². The molecule has 42 heavy (non-hydrogen) atoms. The van der Waals surface area contributed by atoms with Crippen molar-refractivity contribution in [1.29, 1.82) is 0 Å². The molecule has 6 N–H and O–H groups in total. The Morgan fingerprint density at radius 3 is 2.12 bits per heavy atom. The van der Waals surface area contributed by atoms with Crippen LogP contribution >= 0.6 is 15.6 Å². The van der Waals surface area contributed by atoms with Gasteiger partial charge in [-0.2, -0.15) is 0 Å². The quantitative estimate of drug-likeness (QED) is 0.0867. The van der Waals surface area contributed by atoms with E-state index in [1.54, 1.807) is 0 Å². The van der Waals surface area contributed by atoms with Crippen molar-refractivity contribution in [2.75, 3.05) is 16.8 Å². The third kappa shape index (κ3) is 9.59. The second-order valence-electron chi connectivity index (χ2n) is 10.2. The molecule has 1 heterocycles. The average molecular weight is 623 g/mol. The molecule has 0 aliphatic carbocycles. The fraction of sp³-hybridized carbons (Fsp3) is 0.321. The molecule has 0 saturated heterocycles. The number of carbonyl (C=O) groups is 1. The van der Waals surface area contributed by atoms with E-state index in [2.05, 4.69) is 42.8 Å². The highest BCUT2D eigenvalue weighted by atomic mass is 31.2. The molecule has 0 unspecified atom stereocenters. The van der Waals surface area contributed by atoms with Gasteiger partial charge in [0.05, 0.1) is 16.9 Å². The van der Waals surface area contributed by atoms with Crippen LogP contribution in [-0.2, 0) is 9.13 Å². The molecule has 2 aromatic carbocycles. The molecular weight excluding hydrogens is 586 g/mol. The molecule has 0 bridgehead atoms. The van der Waals surface area contributed by atoms with E-state index in [0.717, 1.165) is 37.0 Å². The number of aromatic hydroxyl groups is 1. The summed E-state index contributed by atoms with van der Waals surface area (Å²) in [7, 11) is -10.3. The average Bonchev–Trinajstić information content (AvgIpc) is 2.96. The van der Waals surface area contributed by atoms with Crippen LogP contribution in [0.1, 0.15) is 63.7 Å². The van der Waals surface area contributed by atoms with Gasteiger partial charge in [0.2, 0.25) is 0 Å². The summed E-state index contributed by atoms with van der Waals surface area (Å²) in [6.45, 7) is 8.10. The normalized spacial score (nSPS) is 14.0. The third-order valence-corrected chi connectivity index (χ3v) is 7.18. The second-order valence-corrected chi connectivity index (χ2v) is 12.5. The van der Waals surface area contributed by atoms with Crippen LogP contribution in [0.5, 0.6) is 17.2 Å². The largest absolute Gasteiger partial charge is 0.524 e. The van der Waals surface area contributed by atoms with Crippen molar-refractivity contribution in [3.8, 4) is 17.2 Å². The van der Waals surface area contributed by atoms with Gasteiger partial charge in [-0.05, 0) is 65.5 Å². The number of allylic oxidation sites excluding steroid dienone is 5. The fourth-order valence-electron chi connectivity index (χ4n) is 4.30. The van der Waals surface area contributed by atoms with Crippen molar-refractivity contribution in [1.82, 2.24) is 0 Å². The Kier molecular flexibility index (Phi) is 10.8. The molecule has 0 saturated carbocycles. The summed E-state index contributed by atoms with van der Waals surface area (Å²) in [5.74, 6) is -1.98. The third-order valence-electron chi connectivity index (χ3n) is 6.30. The number of carbonyl (C=O) groups excluding carboxylic acids is 1. The summed E-state index contributed by atoms with van der Waals surface area (Å²) in [5, 5.41) is 13.3. The number of nitrogens with one attached hydrogen (secondary N) is 1. The monoisotopic (exact) mass is 622 g/mol. The van der Waals surface area contributed by atoms with Gasteiger partial charge in [-0.15, -0.1) is 0 Å². The Morgan fingerprint density at radius 2 is 1.50 bits per heavy atom. The maximum Gasteiger partial charge on any atom is 0.524 e. The number of phenols is 1. The van der Waals surface area contributed by atoms with Gasteiger partial charge in [0.15, 0.2) is 5.75 Å². The van der Waals surface area contributed by atoms with E-state index in [9.17, 15) is 38.6 Å². The molecule has 1 aliphatic rings. The number of phosphoric acid groups is 2. The smallest absolute Gasteiger partial charge is 0.506 e. The van der Waals surface area contributed by atoms with E-state index in [-0.39, 0.29) is 34.9 Å². The van der Waals surface area contributed by atoms with Gasteiger partial charge in [-0.25, -0.2) is 9.13 Å². The van der Waals surface area contributed by atoms with Gasteiger partial charge in [0.1, 0.15) is 17.2 Å². The van der Waals surface area contributed by atoms with E-state index >= 15 is 0 Å². The first-order valence-electron chi connectivity index (χ1n) is 13.1. The molecule has 1 aliphatic heterocycles. The lowest BCUT2D eigenvalue weighted by Crippen LogP contribution is -2.30. The summed E-state index contributed by atoms with van der Waals surface area (Å²) in [6.07, 6.45) is 9.60. The maximum absolute atomic E-state index is 13.8. The number of hydrogen-bond donors (Lipinski definition) is 6. The number of phosphoric ester groups is 2. The molecule has 1 amide bonds. The van der Waals surface area contributed by atoms with Gasteiger partial charge >= 0.3 is 15.6 Å². The topological polar surface area (TPSA) is 186 Å². The van der Waals surface area contributed by atoms with E-state index in [1.165, 1.54) is 34.2 Å². The van der Waals surface area contributed by atoms with Crippen LogP contribution in [0.4, 0.5) is 17.1 Å². The Hall–Kier alpha value is -3.37. The molecule has 14 heteroatoms. The summed E-state index contributed by atoms with van der Waals surface area (Å²) in [5.41, 5.74) is 3.33. The lowest BCUT2D eigenvalue weighted by atomic mass is 10.1. The van der Waals surface area contributed by atoms with E-state index in [1.807, 2.05) is 13.0 Å². The first-order chi connectivity index (χ1) is 19.5. The van der Waals surface area contributed by atoms with E-state index in [4.69, 9.17) is 4.52 Å². The zero-order valence-electron chi connectivity index (χ0n) is 23.8. The van der Waals surface area contributed by atoms with Crippen molar-refractivity contribution in [2.45, 2.75) is 53.4 Å². The van der Waals surface area contributed by atoms with Crippen LogP contribution in [0.3, 0.4) is 0 Å². The van der Waals surface area contributed by atoms with Crippen molar-refractivity contribution in [2.24, 2.45) is 0 Å². The molecular formula is C28H36N2O10P2. The van der Waals surface area contributed by atoms with Gasteiger partial charge in [-0.1, -0.05) is 41.0 Å². The first kappa shape index (κ1) is 33.1. The molecule has 0 radical (unpaired) electrons. The lowest BCUT2D eigenvalue weighted by molar-refractivity contribution is 0.0990. The maximum atomic E-state index is 13.8. The summed E-state index contributed by atoms with van der Waals surface area (Å²) in [6, 6.07) is 6.24. The molecule has 0 fully saturated rings. The Morgan fingerprint density at radius 1 is 0.881 bits per heavy atom. The molecule has 12 nitrogen and oxygen atoms in total. The predicted molar refractivity (Wildman–Crippen MR) is 160 cm³/mol. The Bertz CT molecular complexity index is 1520. The van der Waals surface area contributed by atoms with E-state index in [0.29, 0.717) is 6.42 Å². The Balaban J connectivity index is 2.01. The van der Waals surface area contributed by atoms with Gasteiger partial charge < -0.3 is 24.4 Å². The number of fused-ring (bicyclic) bond motifs is 2. The first-order valence-corrected chi connectivity index (χ1v) is 16.1. The minimum Gasteiger partial charge on any atom is -0.506 e. The van der Waals surface area contributed by atoms with Crippen LogP contribution in [0.2, 0.25) is 0 Å². The molecule has 0 aromatic heterocycles. The summed E-state index contributed by atoms with van der Waals surface area (Å²) < 4.78 is 32.9. The van der Waals surface area contributed by atoms with Crippen molar-refractivity contribution in [3.05, 3.63) is 70.8 Å². The Labute approximate surface area is 244 Å². The van der Waals surface area contributed by atoms with Crippen molar-refractivity contribution in [3.63, 3.8) is 0 Å². The molecule has 3 rings (SSSR count). The number of benzene rings is 2. The minimum atomic E-state index is -5.19. The zero-order chi connectivity index (χ0) is 31.2. The van der Waals surface area contributed by atoms with Crippen LogP contribution in [-0.4, -0.2) is 37.1 Å². The highest BCUT2D eigenvalue weighted by molar-refractivity contribution is 7.47. The molecule has 2 aromatic rings. The highest BCUT2D eigenvalue weighted by Gasteiger charge is 2.33. The number of hydrogen-bond acceptors (Lipinski definition) is 7. The predicted octanol–water partition coefficient (Wildman–Crippen LogP) is 6.46. The van der Waals surface area contributed by atoms with Crippen LogP contribution in [0.15, 0.2) is 65.3 Å². The number of rotatable bonds is 12. The number of nitrogens with zero attached hydrogens (tertiary/aromatic N) is 1. The second kappa shape index (κ2) is 13.7. The molecule has 228 valence electrons.